The number of pyridine rings is 1. The summed E-state index contributed by atoms with van der Waals surface area (Å²) in [5.41, 5.74) is 0.712. The molecule has 1 amide bonds. The predicted molar refractivity (Wildman–Crippen MR) is 94.4 cm³/mol. The Hall–Kier alpha value is -2.50. The molecule has 2 aliphatic heterocycles. The number of carbonyl (C=O) groups is 1. The average Bonchev–Trinajstić information content (AvgIpc) is 2.54. The van der Waals surface area contributed by atoms with Crippen LogP contribution in [0.1, 0.15) is 39.3 Å². The second-order valence-corrected chi connectivity index (χ2v) is 7.44. The first-order valence-corrected chi connectivity index (χ1v) is 8.42. The van der Waals surface area contributed by atoms with E-state index in [0.717, 1.165) is 6.26 Å². The first-order chi connectivity index (χ1) is 11.8. The van der Waals surface area contributed by atoms with E-state index in [1.165, 1.54) is 0 Å². The summed E-state index contributed by atoms with van der Waals surface area (Å²) in [4.78, 5) is 18.2. The summed E-state index contributed by atoms with van der Waals surface area (Å²) in [6.07, 6.45) is 3.50. The smallest absolute Gasteiger partial charge is 0.410 e. The molecular weight excluding hydrogens is 320 g/mol. The highest BCUT2D eigenvalue weighted by Crippen LogP contribution is 2.46. The highest BCUT2D eigenvalue weighted by molar-refractivity contribution is 5.82. The van der Waals surface area contributed by atoms with Crippen LogP contribution in [0.15, 0.2) is 36.7 Å². The van der Waals surface area contributed by atoms with Gasteiger partial charge in [-0.25, -0.2) is 4.79 Å². The summed E-state index contributed by atoms with van der Waals surface area (Å²) in [6.45, 7) is 10.6. The lowest BCUT2D eigenvalue weighted by Gasteiger charge is -2.45. The topological polar surface area (TPSA) is 71.9 Å². The molecule has 1 aromatic heterocycles. The van der Waals surface area contributed by atoms with Crippen LogP contribution in [-0.2, 0) is 4.74 Å². The Kier molecular flexibility index (Phi) is 4.22. The molecule has 0 saturated carbocycles. The molecule has 1 fully saturated rings. The SMILES string of the molecule is C=C1/C(=C\O)C2(CCN(C(=O)OC(C)(C)C)CC2)Oc2cccnc21. The van der Waals surface area contributed by atoms with E-state index in [0.29, 0.717) is 48.5 Å². The summed E-state index contributed by atoms with van der Waals surface area (Å²) in [7, 11) is 0. The molecule has 0 aromatic carbocycles. The van der Waals surface area contributed by atoms with Gasteiger partial charge in [0.15, 0.2) is 0 Å². The molecule has 0 aliphatic carbocycles. The third-order valence-corrected chi connectivity index (χ3v) is 4.53. The molecular formula is C19H24N2O4. The van der Waals surface area contributed by atoms with Crippen LogP contribution >= 0.6 is 0 Å². The van der Waals surface area contributed by atoms with E-state index in [1.807, 2.05) is 32.9 Å². The standard InChI is InChI=1S/C19H24N2O4/c1-13-14(12-22)19(24-15-6-5-9-20-16(13)15)7-10-21(11-8-19)17(23)25-18(2,3)4/h5-6,9,12,22H,1,7-8,10-11H2,2-4H3/b14-12+. The Morgan fingerprint density at radius 2 is 2.12 bits per heavy atom. The molecule has 3 heterocycles. The van der Waals surface area contributed by atoms with Crippen LogP contribution in [0.3, 0.4) is 0 Å². The van der Waals surface area contributed by atoms with Crippen LogP contribution in [0.5, 0.6) is 5.75 Å². The molecule has 3 rings (SSSR count). The van der Waals surface area contributed by atoms with Crippen molar-refractivity contribution >= 4 is 11.7 Å². The zero-order valence-electron chi connectivity index (χ0n) is 14.9. The normalized spacial score (nSPS) is 21.0. The van der Waals surface area contributed by atoms with Crippen molar-refractivity contribution < 1.29 is 19.4 Å². The van der Waals surface area contributed by atoms with Crippen molar-refractivity contribution in [3.05, 3.63) is 42.4 Å². The molecule has 0 atom stereocenters. The van der Waals surface area contributed by atoms with Gasteiger partial charge in [-0.3, -0.25) is 4.98 Å². The monoisotopic (exact) mass is 344 g/mol. The fourth-order valence-electron chi connectivity index (χ4n) is 3.31. The number of likely N-dealkylation sites (tertiary alicyclic amines) is 1. The number of fused-ring (bicyclic) bond motifs is 1. The first-order valence-electron chi connectivity index (χ1n) is 8.42. The van der Waals surface area contributed by atoms with Crippen LogP contribution < -0.4 is 4.74 Å². The highest BCUT2D eigenvalue weighted by atomic mass is 16.6. The Morgan fingerprint density at radius 1 is 1.44 bits per heavy atom. The van der Waals surface area contributed by atoms with Crippen LogP contribution in [0.2, 0.25) is 0 Å². The van der Waals surface area contributed by atoms with E-state index in [2.05, 4.69) is 11.6 Å². The second kappa shape index (κ2) is 6.10. The number of aliphatic hydroxyl groups excluding tert-OH is 1. The van der Waals surface area contributed by atoms with E-state index in [1.54, 1.807) is 11.1 Å². The minimum absolute atomic E-state index is 0.325. The lowest BCUT2D eigenvalue weighted by molar-refractivity contribution is -0.00445. The molecule has 0 unspecified atom stereocenters. The number of hydrogen-bond donors (Lipinski definition) is 1. The van der Waals surface area contributed by atoms with Crippen LogP contribution in [0, 0.1) is 0 Å². The van der Waals surface area contributed by atoms with Crippen LogP contribution in [0.25, 0.3) is 5.57 Å². The van der Waals surface area contributed by atoms with Crippen molar-refractivity contribution in [1.29, 1.82) is 0 Å². The van der Waals surface area contributed by atoms with Gasteiger partial charge in [0.25, 0.3) is 0 Å². The summed E-state index contributed by atoms with van der Waals surface area (Å²) in [5, 5.41) is 9.80. The molecule has 1 saturated heterocycles. The maximum atomic E-state index is 12.3. The lowest BCUT2D eigenvalue weighted by atomic mass is 9.78. The van der Waals surface area contributed by atoms with Gasteiger partial charge in [-0.1, -0.05) is 6.58 Å². The number of piperidine rings is 1. The van der Waals surface area contributed by atoms with Gasteiger partial charge in [0.2, 0.25) is 0 Å². The fraction of sp³-hybridized carbons (Fsp3) is 0.474. The molecule has 134 valence electrons. The molecule has 6 heteroatoms. The first kappa shape index (κ1) is 17.3. The van der Waals surface area contributed by atoms with E-state index in [4.69, 9.17) is 9.47 Å². The van der Waals surface area contributed by atoms with Crippen LogP contribution in [-0.4, -0.2) is 45.4 Å². The van der Waals surface area contributed by atoms with Crippen LogP contribution in [0.4, 0.5) is 4.79 Å². The molecule has 6 nitrogen and oxygen atoms in total. The minimum Gasteiger partial charge on any atom is -0.515 e. The molecule has 1 spiro atoms. The van der Waals surface area contributed by atoms with Gasteiger partial charge in [-0.05, 0) is 32.9 Å². The van der Waals surface area contributed by atoms with Crippen molar-refractivity contribution in [2.24, 2.45) is 0 Å². The van der Waals surface area contributed by atoms with Crippen molar-refractivity contribution in [2.45, 2.75) is 44.8 Å². The Labute approximate surface area is 147 Å². The second-order valence-electron chi connectivity index (χ2n) is 7.44. The average molecular weight is 344 g/mol. The maximum absolute atomic E-state index is 12.3. The van der Waals surface area contributed by atoms with E-state index < -0.39 is 11.2 Å². The minimum atomic E-state index is -0.694. The number of aromatic nitrogens is 1. The lowest BCUT2D eigenvalue weighted by Crippen LogP contribution is -2.53. The highest BCUT2D eigenvalue weighted by Gasteiger charge is 2.46. The number of rotatable bonds is 0. The Bertz CT molecular complexity index is 725. The van der Waals surface area contributed by atoms with E-state index in [9.17, 15) is 9.90 Å². The Morgan fingerprint density at radius 3 is 2.72 bits per heavy atom. The van der Waals surface area contributed by atoms with Gasteiger partial charge in [0.05, 0.1) is 6.26 Å². The zero-order valence-corrected chi connectivity index (χ0v) is 14.9. The number of amides is 1. The number of nitrogens with zero attached hydrogens (tertiary/aromatic N) is 2. The molecule has 2 aliphatic rings. The van der Waals surface area contributed by atoms with Crippen molar-refractivity contribution in [3.8, 4) is 5.75 Å². The number of aliphatic hydroxyl groups is 1. The van der Waals surface area contributed by atoms with Crippen molar-refractivity contribution in [3.63, 3.8) is 0 Å². The number of hydrogen-bond acceptors (Lipinski definition) is 5. The van der Waals surface area contributed by atoms with Gasteiger partial charge in [0.1, 0.15) is 22.6 Å². The Balaban J connectivity index is 1.80. The molecule has 1 N–H and O–H groups in total. The van der Waals surface area contributed by atoms with Gasteiger partial charge in [-0.15, -0.1) is 0 Å². The summed E-state index contributed by atoms with van der Waals surface area (Å²) in [5.74, 6) is 0.656. The van der Waals surface area contributed by atoms with Gasteiger partial charge in [0, 0.05) is 43.3 Å². The predicted octanol–water partition coefficient (Wildman–Crippen LogP) is 3.70. The molecule has 25 heavy (non-hydrogen) atoms. The molecule has 1 aromatic rings. The van der Waals surface area contributed by atoms with Crippen molar-refractivity contribution in [2.75, 3.05) is 13.1 Å². The quantitative estimate of drug-likeness (QED) is 0.727. The maximum Gasteiger partial charge on any atom is 0.410 e. The van der Waals surface area contributed by atoms with Gasteiger partial charge >= 0.3 is 6.09 Å². The summed E-state index contributed by atoms with van der Waals surface area (Å²) < 4.78 is 11.7. The summed E-state index contributed by atoms with van der Waals surface area (Å²) in [6, 6.07) is 3.66. The summed E-state index contributed by atoms with van der Waals surface area (Å²) >= 11 is 0. The zero-order chi connectivity index (χ0) is 18.2. The third kappa shape index (κ3) is 3.21. The number of ether oxygens (including phenoxy) is 2. The largest absolute Gasteiger partial charge is 0.515 e. The fourth-order valence-corrected chi connectivity index (χ4v) is 3.31. The molecule has 0 radical (unpaired) electrons. The third-order valence-electron chi connectivity index (χ3n) is 4.53. The van der Waals surface area contributed by atoms with Crippen molar-refractivity contribution in [1.82, 2.24) is 9.88 Å². The van der Waals surface area contributed by atoms with Gasteiger partial charge in [-0.2, -0.15) is 0 Å². The van der Waals surface area contributed by atoms with Gasteiger partial charge < -0.3 is 19.5 Å². The number of carbonyl (C=O) groups excluding carboxylic acids is 1. The van der Waals surface area contributed by atoms with E-state index in [-0.39, 0.29) is 6.09 Å². The molecule has 0 bridgehead atoms. The van der Waals surface area contributed by atoms with E-state index >= 15 is 0 Å².